The van der Waals surface area contributed by atoms with Gasteiger partial charge in [-0.2, -0.15) is 0 Å². The molecule has 0 fully saturated rings. The Morgan fingerprint density at radius 2 is 2.14 bits per heavy atom. The summed E-state index contributed by atoms with van der Waals surface area (Å²) in [5, 5.41) is 11.2. The number of benzene rings is 1. The van der Waals surface area contributed by atoms with E-state index in [4.69, 9.17) is 4.74 Å². The molecule has 1 aliphatic rings. The third-order valence-corrected chi connectivity index (χ3v) is 7.45. The lowest BCUT2D eigenvalue weighted by Gasteiger charge is -2.20. The van der Waals surface area contributed by atoms with Crippen molar-refractivity contribution in [2.45, 2.75) is 30.7 Å². The van der Waals surface area contributed by atoms with Crippen molar-refractivity contribution in [1.29, 1.82) is 0 Å². The second-order valence-corrected chi connectivity index (χ2v) is 10.9. The first-order chi connectivity index (χ1) is 13.2. The smallest absolute Gasteiger partial charge is 0.267 e. The Hall–Kier alpha value is -1.85. The fourth-order valence-electron chi connectivity index (χ4n) is 2.60. The topological polar surface area (TPSA) is 101 Å². The first-order valence-electron chi connectivity index (χ1n) is 8.74. The van der Waals surface area contributed by atoms with Gasteiger partial charge in [-0.15, -0.1) is 10.2 Å². The van der Waals surface area contributed by atoms with Crippen LogP contribution in [0.3, 0.4) is 0 Å². The molecule has 0 radical (unpaired) electrons. The molecule has 3 rings (SSSR count). The molecule has 1 aliphatic heterocycles. The molecule has 0 spiro atoms. The number of hydrogen-bond donors (Lipinski definition) is 1. The van der Waals surface area contributed by atoms with E-state index in [1.807, 2.05) is 0 Å². The molecule has 0 bridgehead atoms. The quantitative estimate of drug-likeness (QED) is 0.542. The van der Waals surface area contributed by atoms with E-state index < -0.39 is 16.1 Å². The van der Waals surface area contributed by atoms with E-state index in [9.17, 15) is 13.2 Å². The van der Waals surface area contributed by atoms with Gasteiger partial charge in [0.15, 0.2) is 10.4 Å². The molecule has 1 atom stereocenters. The minimum absolute atomic E-state index is 0.152. The molecule has 152 valence electrons. The summed E-state index contributed by atoms with van der Waals surface area (Å²) >= 11 is 2.91. The number of aromatic nitrogens is 2. The van der Waals surface area contributed by atoms with Gasteiger partial charge in [-0.05, 0) is 18.1 Å². The van der Waals surface area contributed by atoms with E-state index in [0.29, 0.717) is 22.5 Å². The summed E-state index contributed by atoms with van der Waals surface area (Å²) in [4.78, 5) is 12.7. The van der Waals surface area contributed by atoms with Crippen LogP contribution in [0.4, 0.5) is 10.8 Å². The molecule has 0 aliphatic carbocycles. The third-order valence-electron chi connectivity index (χ3n) is 3.87. The number of sulfonamides is 1. The van der Waals surface area contributed by atoms with Crippen molar-refractivity contribution in [2.75, 3.05) is 28.2 Å². The zero-order chi connectivity index (χ0) is 20.3. The van der Waals surface area contributed by atoms with Gasteiger partial charge in [0.1, 0.15) is 5.75 Å². The number of anilines is 2. The number of carbonyl (C=O) groups is 1. The van der Waals surface area contributed by atoms with Crippen LogP contribution in [0.15, 0.2) is 28.6 Å². The number of nitrogens with zero attached hydrogens (tertiary/aromatic N) is 3. The number of ether oxygens (including phenoxy) is 1. The number of hydrogen-bond acceptors (Lipinski definition) is 8. The Morgan fingerprint density at radius 3 is 2.86 bits per heavy atom. The van der Waals surface area contributed by atoms with E-state index in [0.717, 1.165) is 16.3 Å². The van der Waals surface area contributed by atoms with Gasteiger partial charge in [-0.1, -0.05) is 49.1 Å². The predicted octanol–water partition coefficient (Wildman–Crippen LogP) is 2.84. The zero-order valence-corrected chi connectivity index (χ0v) is 18.2. The third kappa shape index (κ3) is 5.15. The number of carbonyl (C=O) groups excluding carboxylic acids is 1. The fraction of sp³-hybridized carbons (Fsp3) is 0.471. The van der Waals surface area contributed by atoms with E-state index >= 15 is 0 Å². The normalized spacial score (nSPS) is 17.0. The first-order valence-corrected chi connectivity index (χ1v) is 12.4. The van der Waals surface area contributed by atoms with Crippen LogP contribution >= 0.6 is 23.1 Å². The molecule has 1 unspecified atom stereocenters. The minimum Gasteiger partial charge on any atom is -0.478 e. The first kappa shape index (κ1) is 20.9. The van der Waals surface area contributed by atoms with Crippen LogP contribution in [0, 0.1) is 5.92 Å². The molecule has 11 heteroatoms. The SMILES string of the molecule is CC(C)CSc1nnc(NC(=O)C2CCN(S(C)(=O)=O)c3ccccc3O2)s1. The average molecular weight is 443 g/mol. The Bertz CT molecular complexity index is 945. The maximum atomic E-state index is 12.7. The molecule has 2 heterocycles. The molecule has 0 saturated heterocycles. The summed E-state index contributed by atoms with van der Waals surface area (Å²) < 4.78 is 32.2. The van der Waals surface area contributed by atoms with Crippen LogP contribution < -0.4 is 14.4 Å². The number of thioether (sulfide) groups is 1. The standard InChI is InChI=1S/C17H22N4O4S3/c1-11(2)10-26-17-20-19-16(27-17)18-15(22)14-8-9-21(28(3,23)24)12-6-4-5-7-13(12)25-14/h4-7,11,14H,8-10H2,1-3H3,(H,18,19,22). The number of amides is 1. The zero-order valence-electron chi connectivity index (χ0n) is 15.8. The van der Waals surface area contributed by atoms with Gasteiger partial charge >= 0.3 is 0 Å². The minimum atomic E-state index is -3.48. The van der Waals surface area contributed by atoms with Crippen LogP contribution in [0.25, 0.3) is 0 Å². The molecular weight excluding hydrogens is 420 g/mol. The summed E-state index contributed by atoms with van der Waals surface area (Å²) in [6, 6.07) is 6.80. The Labute approximate surface area is 172 Å². The monoisotopic (exact) mass is 442 g/mol. The van der Waals surface area contributed by atoms with Crippen LogP contribution in [-0.4, -0.2) is 49.2 Å². The van der Waals surface area contributed by atoms with Gasteiger partial charge in [0.05, 0.1) is 11.9 Å². The van der Waals surface area contributed by atoms with E-state index in [-0.39, 0.29) is 18.9 Å². The van der Waals surface area contributed by atoms with Gasteiger partial charge in [0.2, 0.25) is 15.2 Å². The molecule has 2 aromatic rings. The van der Waals surface area contributed by atoms with Gasteiger partial charge in [-0.25, -0.2) is 8.42 Å². The maximum absolute atomic E-state index is 12.7. The Morgan fingerprint density at radius 1 is 1.39 bits per heavy atom. The summed E-state index contributed by atoms with van der Waals surface area (Å²) in [5.74, 6) is 1.44. The number of fused-ring (bicyclic) bond motifs is 1. The van der Waals surface area contributed by atoms with Crippen molar-refractivity contribution in [3.8, 4) is 5.75 Å². The van der Waals surface area contributed by atoms with Gasteiger partial charge in [-0.3, -0.25) is 14.4 Å². The summed E-state index contributed by atoms with van der Waals surface area (Å²) in [7, 11) is -3.48. The van der Waals surface area contributed by atoms with Crippen molar-refractivity contribution in [3.05, 3.63) is 24.3 Å². The van der Waals surface area contributed by atoms with E-state index in [1.165, 1.54) is 15.6 Å². The lowest BCUT2D eigenvalue weighted by atomic mass is 10.2. The van der Waals surface area contributed by atoms with Crippen LogP contribution in [-0.2, 0) is 14.8 Å². The van der Waals surface area contributed by atoms with Crippen molar-refractivity contribution < 1.29 is 17.9 Å². The number of rotatable bonds is 6. The van der Waals surface area contributed by atoms with E-state index in [2.05, 4.69) is 29.4 Å². The number of para-hydroxylation sites is 2. The van der Waals surface area contributed by atoms with Crippen LogP contribution in [0.5, 0.6) is 5.75 Å². The Kier molecular flexibility index (Phi) is 6.46. The van der Waals surface area contributed by atoms with Crippen molar-refractivity contribution in [3.63, 3.8) is 0 Å². The number of nitrogens with one attached hydrogen (secondary N) is 1. The Balaban J connectivity index is 1.72. The average Bonchev–Trinajstić information content (AvgIpc) is 2.95. The predicted molar refractivity (Wildman–Crippen MR) is 112 cm³/mol. The van der Waals surface area contributed by atoms with Crippen LogP contribution in [0.2, 0.25) is 0 Å². The fourth-order valence-corrected chi connectivity index (χ4v) is 5.28. The molecule has 1 aromatic heterocycles. The van der Waals surface area contributed by atoms with Gasteiger partial charge in [0.25, 0.3) is 5.91 Å². The maximum Gasteiger partial charge on any atom is 0.267 e. The molecule has 0 saturated carbocycles. The summed E-state index contributed by atoms with van der Waals surface area (Å²) in [6.45, 7) is 4.40. The highest BCUT2D eigenvalue weighted by Gasteiger charge is 2.31. The molecule has 1 N–H and O–H groups in total. The van der Waals surface area contributed by atoms with Gasteiger partial charge in [0, 0.05) is 18.7 Å². The largest absolute Gasteiger partial charge is 0.478 e. The lowest BCUT2D eigenvalue weighted by molar-refractivity contribution is -0.122. The molecule has 28 heavy (non-hydrogen) atoms. The molecular formula is C17H22N4O4S3. The second-order valence-electron chi connectivity index (χ2n) is 6.77. The highest BCUT2D eigenvalue weighted by molar-refractivity contribution is 8.01. The van der Waals surface area contributed by atoms with Gasteiger partial charge < -0.3 is 4.74 Å². The highest BCUT2D eigenvalue weighted by Crippen LogP contribution is 2.34. The summed E-state index contributed by atoms with van der Waals surface area (Å²) in [6.07, 6.45) is 0.534. The van der Waals surface area contributed by atoms with E-state index in [1.54, 1.807) is 36.0 Å². The van der Waals surface area contributed by atoms with Crippen molar-refractivity contribution in [1.82, 2.24) is 10.2 Å². The van der Waals surface area contributed by atoms with Crippen molar-refractivity contribution in [2.24, 2.45) is 5.92 Å². The second kappa shape index (κ2) is 8.66. The van der Waals surface area contributed by atoms with Crippen molar-refractivity contribution >= 4 is 49.8 Å². The molecule has 1 amide bonds. The molecule has 8 nitrogen and oxygen atoms in total. The highest BCUT2D eigenvalue weighted by atomic mass is 32.2. The lowest BCUT2D eigenvalue weighted by Crippen LogP contribution is -2.35. The molecule has 1 aromatic carbocycles. The van der Waals surface area contributed by atoms with Crippen LogP contribution in [0.1, 0.15) is 20.3 Å². The summed E-state index contributed by atoms with van der Waals surface area (Å²) in [5.41, 5.74) is 0.434.